The highest BCUT2D eigenvalue weighted by atomic mass is 16.2. The minimum absolute atomic E-state index is 0.170. The molecule has 3 atom stereocenters. The van der Waals surface area contributed by atoms with Crippen molar-refractivity contribution in [3.8, 4) is 0 Å². The summed E-state index contributed by atoms with van der Waals surface area (Å²) in [7, 11) is 0. The largest absolute Gasteiger partial charge is 0.350 e. The second kappa shape index (κ2) is 13.4. The predicted octanol–water partition coefficient (Wildman–Crippen LogP) is 2.30. The highest BCUT2D eigenvalue weighted by Crippen LogP contribution is 2.09. The van der Waals surface area contributed by atoms with Crippen LogP contribution in [0.3, 0.4) is 0 Å². The summed E-state index contributed by atoms with van der Waals surface area (Å²) in [6.45, 7) is 5.88. The lowest BCUT2D eigenvalue weighted by atomic mass is 10.0. The number of carbonyl (C=O) groups is 3. The molecular formula is C26H36N4O3. The number of benzene rings is 2. The summed E-state index contributed by atoms with van der Waals surface area (Å²) in [6.07, 6.45) is 1.51. The van der Waals surface area contributed by atoms with Gasteiger partial charge in [-0.25, -0.2) is 0 Å². The van der Waals surface area contributed by atoms with E-state index in [-0.39, 0.29) is 17.7 Å². The Balaban J connectivity index is 2.10. The molecule has 0 spiro atoms. The quantitative estimate of drug-likeness (QED) is 0.396. The van der Waals surface area contributed by atoms with Crippen LogP contribution in [0.1, 0.15) is 44.7 Å². The van der Waals surface area contributed by atoms with E-state index in [1.807, 2.05) is 74.5 Å². The van der Waals surface area contributed by atoms with Crippen molar-refractivity contribution in [1.29, 1.82) is 0 Å². The molecular weight excluding hydrogens is 416 g/mol. The molecule has 33 heavy (non-hydrogen) atoms. The fraction of sp³-hybridized carbons (Fsp3) is 0.423. The van der Waals surface area contributed by atoms with Crippen molar-refractivity contribution >= 4 is 17.7 Å². The summed E-state index contributed by atoms with van der Waals surface area (Å²) in [5.41, 5.74) is 7.72. The maximum atomic E-state index is 13.1. The first-order chi connectivity index (χ1) is 15.8. The summed E-state index contributed by atoms with van der Waals surface area (Å²) < 4.78 is 0. The summed E-state index contributed by atoms with van der Waals surface area (Å²) in [5, 5.41) is 8.50. The van der Waals surface area contributed by atoms with Gasteiger partial charge in [-0.2, -0.15) is 0 Å². The van der Waals surface area contributed by atoms with Gasteiger partial charge >= 0.3 is 0 Å². The first-order valence-corrected chi connectivity index (χ1v) is 11.5. The molecule has 2 aromatic rings. The van der Waals surface area contributed by atoms with Crippen LogP contribution in [-0.4, -0.2) is 35.8 Å². The predicted molar refractivity (Wildman–Crippen MR) is 130 cm³/mol. The first-order valence-electron chi connectivity index (χ1n) is 11.5. The van der Waals surface area contributed by atoms with Crippen LogP contribution in [0.2, 0.25) is 0 Å². The third kappa shape index (κ3) is 9.45. The number of nitrogens with one attached hydrogen (secondary N) is 3. The topological polar surface area (TPSA) is 113 Å². The summed E-state index contributed by atoms with van der Waals surface area (Å²) in [4.78, 5) is 38.2. The summed E-state index contributed by atoms with van der Waals surface area (Å²) >= 11 is 0. The molecule has 0 aliphatic carbocycles. The van der Waals surface area contributed by atoms with Gasteiger partial charge in [0.15, 0.2) is 0 Å². The Morgan fingerprint density at radius 2 is 1.30 bits per heavy atom. The highest BCUT2D eigenvalue weighted by Gasteiger charge is 2.27. The van der Waals surface area contributed by atoms with E-state index in [0.29, 0.717) is 25.8 Å². The molecule has 0 radical (unpaired) electrons. The van der Waals surface area contributed by atoms with Gasteiger partial charge in [-0.05, 0) is 43.2 Å². The zero-order valence-corrected chi connectivity index (χ0v) is 19.7. The molecule has 2 aromatic carbocycles. The number of carbonyl (C=O) groups excluding carboxylic acids is 3. The van der Waals surface area contributed by atoms with Crippen LogP contribution < -0.4 is 21.7 Å². The molecule has 0 aliphatic rings. The van der Waals surface area contributed by atoms with Crippen LogP contribution in [-0.2, 0) is 27.3 Å². The molecule has 0 heterocycles. The lowest BCUT2D eigenvalue weighted by molar-refractivity contribution is -0.132. The lowest BCUT2D eigenvalue weighted by Crippen LogP contribution is -2.55. The number of nitrogens with two attached hydrogens (primary N) is 1. The Hall–Kier alpha value is -3.19. The van der Waals surface area contributed by atoms with E-state index in [4.69, 9.17) is 5.73 Å². The lowest BCUT2D eigenvalue weighted by Gasteiger charge is -2.25. The van der Waals surface area contributed by atoms with Crippen molar-refractivity contribution in [1.82, 2.24) is 16.0 Å². The number of aryl methyl sites for hydroxylation is 1. The Kier molecular flexibility index (Phi) is 10.6. The van der Waals surface area contributed by atoms with Gasteiger partial charge in [0.1, 0.15) is 12.1 Å². The molecule has 7 heteroatoms. The first kappa shape index (κ1) is 26.1. The van der Waals surface area contributed by atoms with Gasteiger partial charge in [0, 0.05) is 6.54 Å². The van der Waals surface area contributed by atoms with E-state index in [9.17, 15) is 14.4 Å². The molecule has 178 valence electrons. The van der Waals surface area contributed by atoms with Crippen LogP contribution in [0.5, 0.6) is 0 Å². The van der Waals surface area contributed by atoms with Crippen molar-refractivity contribution in [2.45, 2.75) is 64.7 Å². The van der Waals surface area contributed by atoms with Gasteiger partial charge in [-0.15, -0.1) is 0 Å². The number of hydrogen-bond acceptors (Lipinski definition) is 4. The molecule has 0 aliphatic heterocycles. The third-order valence-corrected chi connectivity index (χ3v) is 5.26. The molecule has 3 amide bonds. The molecule has 0 fully saturated rings. The molecule has 0 unspecified atom stereocenters. The van der Waals surface area contributed by atoms with E-state index >= 15 is 0 Å². The van der Waals surface area contributed by atoms with Crippen LogP contribution in [0, 0.1) is 5.92 Å². The average molecular weight is 453 g/mol. The van der Waals surface area contributed by atoms with Crippen LogP contribution >= 0.6 is 0 Å². The zero-order valence-electron chi connectivity index (χ0n) is 19.7. The Bertz CT molecular complexity index is 885. The Morgan fingerprint density at radius 3 is 1.85 bits per heavy atom. The third-order valence-electron chi connectivity index (χ3n) is 5.26. The summed E-state index contributed by atoms with van der Waals surface area (Å²) in [6, 6.07) is 17.2. The fourth-order valence-electron chi connectivity index (χ4n) is 3.41. The molecule has 0 bridgehead atoms. The highest BCUT2D eigenvalue weighted by molar-refractivity contribution is 5.92. The standard InChI is InChI=1S/C26H36N4O3/c1-18(2)16-23(30-24(31)19(3)27)26(33)29-22(15-14-20-10-6-4-7-11-20)25(32)28-17-21-12-8-5-9-13-21/h4-13,18-19,22-23H,14-17,27H2,1-3H3,(H,28,32)(H,29,33)(H,30,31)/t19-,22-,23-/m0/s1. The van der Waals surface area contributed by atoms with E-state index in [1.165, 1.54) is 0 Å². The molecule has 0 saturated heterocycles. The van der Waals surface area contributed by atoms with Crippen molar-refractivity contribution < 1.29 is 14.4 Å². The maximum Gasteiger partial charge on any atom is 0.243 e. The molecule has 0 saturated carbocycles. The number of amides is 3. The minimum Gasteiger partial charge on any atom is -0.350 e. The van der Waals surface area contributed by atoms with Gasteiger partial charge in [0.05, 0.1) is 6.04 Å². The normalized spacial score (nSPS) is 13.6. The SMILES string of the molecule is CC(C)C[C@H](NC(=O)[C@H](C)N)C(=O)N[C@@H](CCc1ccccc1)C(=O)NCc1ccccc1. The van der Waals surface area contributed by atoms with E-state index in [0.717, 1.165) is 11.1 Å². The van der Waals surface area contributed by atoms with Gasteiger partial charge in [0.25, 0.3) is 0 Å². The monoisotopic (exact) mass is 452 g/mol. The van der Waals surface area contributed by atoms with Crippen LogP contribution in [0.15, 0.2) is 60.7 Å². The zero-order chi connectivity index (χ0) is 24.2. The van der Waals surface area contributed by atoms with Gasteiger partial charge in [-0.1, -0.05) is 74.5 Å². The molecule has 2 rings (SSSR count). The second-order valence-corrected chi connectivity index (χ2v) is 8.77. The molecule has 7 nitrogen and oxygen atoms in total. The van der Waals surface area contributed by atoms with Crippen molar-refractivity contribution in [2.75, 3.05) is 0 Å². The van der Waals surface area contributed by atoms with E-state index in [1.54, 1.807) is 6.92 Å². The average Bonchev–Trinajstić information content (AvgIpc) is 2.80. The Labute approximate surface area is 196 Å². The van der Waals surface area contributed by atoms with Crippen LogP contribution in [0.25, 0.3) is 0 Å². The van der Waals surface area contributed by atoms with Gasteiger partial charge < -0.3 is 21.7 Å². The smallest absolute Gasteiger partial charge is 0.243 e. The van der Waals surface area contributed by atoms with Crippen LogP contribution in [0.4, 0.5) is 0 Å². The molecule has 5 N–H and O–H groups in total. The van der Waals surface area contributed by atoms with Crippen molar-refractivity contribution in [3.63, 3.8) is 0 Å². The van der Waals surface area contributed by atoms with Crippen molar-refractivity contribution in [3.05, 3.63) is 71.8 Å². The Morgan fingerprint density at radius 1 is 0.758 bits per heavy atom. The summed E-state index contributed by atoms with van der Waals surface area (Å²) in [5.74, 6) is -0.871. The maximum absolute atomic E-state index is 13.1. The second-order valence-electron chi connectivity index (χ2n) is 8.77. The van der Waals surface area contributed by atoms with Gasteiger partial charge in [0.2, 0.25) is 17.7 Å². The number of rotatable bonds is 12. The van der Waals surface area contributed by atoms with Crippen molar-refractivity contribution in [2.24, 2.45) is 11.7 Å². The van der Waals surface area contributed by atoms with E-state index in [2.05, 4.69) is 16.0 Å². The fourth-order valence-corrected chi connectivity index (χ4v) is 3.41. The van der Waals surface area contributed by atoms with E-state index < -0.39 is 24.0 Å². The molecule has 0 aromatic heterocycles. The minimum atomic E-state index is -0.760. The van der Waals surface area contributed by atoms with Gasteiger partial charge in [-0.3, -0.25) is 14.4 Å². The number of hydrogen-bond donors (Lipinski definition) is 4.